The van der Waals surface area contributed by atoms with Gasteiger partial charge in [-0.25, -0.2) is 0 Å². The Hall–Kier alpha value is -1.35. The van der Waals surface area contributed by atoms with E-state index in [0.29, 0.717) is 0 Å². The molecule has 2 nitrogen and oxygen atoms in total. The van der Waals surface area contributed by atoms with Gasteiger partial charge in [-0.1, -0.05) is 76.3 Å². The molecule has 0 unspecified atom stereocenters. The quantitative estimate of drug-likeness (QED) is 0.485. The van der Waals surface area contributed by atoms with Crippen LogP contribution in [-0.4, -0.2) is 11.1 Å². The third-order valence-corrected chi connectivity index (χ3v) is 6.72. The van der Waals surface area contributed by atoms with Crippen molar-refractivity contribution >= 4 is 11.3 Å². The van der Waals surface area contributed by atoms with Crippen LogP contribution in [0.3, 0.4) is 0 Å². The molecular weight excluding hydrogens is 336 g/mol. The normalized spacial score (nSPS) is 17.5. The van der Waals surface area contributed by atoms with E-state index < -0.39 is 0 Å². The van der Waals surface area contributed by atoms with Crippen LogP contribution in [0, 0.1) is 0 Å². The molecule has 1 aliphatic rings. The van der Waals surface area contributed by atoms with Gasteiger partial charge < -0.3 is 4.57 Å². The fraction of sp³-hybridized carbons (Fsp3) is 0.609. The van der Waals surface area contributed by atoms with Crippen LogP contribution in [0.25, 0.3) is 0 Å². The zero-order valence-electron chi connectivity index (χ0n) is 16.5. The largest absolute Gasteiger partial charge is 0.320 e. The zero-order chi connectivity index (χ0) is 18.2. The average Bonchev–Trinajstić information content (AvgIpc) is 3.11. The number of hydrogen-bond acceptors (Lipinski definition) is 2. The van der Waals surface area contributed by atoms with Gasteiger partial charge >= 0.3 is 0 Å². The Morgan fingerprint density at radius 2 is 1.73 bits per heavy atom. The van der Waals surface area contributed by atoms with Gasteiger partial charge in [0.2, 0.25) is 0 Å². The number of aromatic nitrogens is 1. The summed E-state index contributed by atoms with van der Waals surface area (Å²) in [6, 6.07) is 11.3. The van der Waals surface area contributed by atoms with Crippen LogP contribution in [0.15, 0.2) is 40.7 Å². The van der Waals surface area contributed by atoms with Gasteiger partial charge in [0.25, 0.3) is 0 Å². The molecular formula is C23H34N2S. The van der Waals surface area contributed by atoms with E-state index in [1.807, 2.05) is 11.3 Å². The zero-order valence-corrected chi connectivity index (χ0v) is 17.4. The lowest BCUT2D eigenvalue weighted by Gasteiger charge is -2.38. The lowest BCUT2D eigenvalue weighted by molar-refractivity contribution is 0.325. The lowest BCUT2D eigenvalue weighted by Crippen LogP contribution is -2.35. The Bertz CT molecular complexity index is 720. The van der Waals surface area contributed by atoms with E-state index >= 15 is 0 Å². The van der Waals surface area contributed by atoms with Crippen molar-refractivity contribution in [2.75, 3.05) is 6.54 Å². The molecule has 1 saturated carbocycles. The average molecular weight is 371 g/mol. The Kier molecular flexibility index (Phi) is 7.13. The monoisotopic (exact) mass is 370 g/mol. The van der Waals surface area contributed by atoms with Gasteiger partial charge in [-0.2, -0.15) is 0 Å². The molecule has 2 aromatic rings. The molecule has 0 spiro atoms. The minimum Gasteiger partial charge on any atom is -0.320 e. The fourth-order valence-corrected chi connectivity index (χ4v) is 5.36. The van der Waals surface area contributed by atoms with E-state index in [2.05, 4.69) is 54.1 Å². The Morgan fingerprint density at radius 1 is 1.00 bits per heavy atom. The summed E-state index contributed by atoms with van der Waals surface area (Å²) in [5.74, 6) is 0. The van der Waals surface area contributed by atoms with Crippen LogP contribution in [0.1, 0.15) is 82.9 Å². The second-order valence-electron chi connectivity index (χ2n) is 7.65. The van der Waals surface area contributed by atoms with E-state index in [1.165, 1.54) is 73.8 Å². The summed E-state index contributed by atoms with van der Waals surface area (Å²) >= 11 is 1.86. The maximum absolute atomic E-state index is 4.97. The van der Waals surface area contributed by atoms with Crippen LogP contribution in [0.2, 0.25) is 0 Å². The lowest BCUT2D eigenvalue weighted by atomic mass is 9.67. The van der Waals surface area contributed by atoms with Gasteiger partial charge in [-0.05, 0) is 31.2 Å². The second-order valence-corrected chi connectivity index (χ2v) is 8.49. The van der Waals surface area contributed by atoms with Crippen molar-refractivity contribution < 1.29 is 0 Å². The first-order chi connectivity index (χ1) is 12.8. The van der Waals surface area contributed by atoms with Crippen molar-refractivity contribution in [2.24, 2.45) is 4.99 Å². The van der Waals surface area contributed by atoms with E-state index in [9.17, 15) is 0 Å². The summed E-state index contributed by atoms with van der Waals surface area (Å²) in [6.45, 7) is 6.59. The topological polar surface area (TPSA) is 17.3 Å². The van der Waals surface area contributed by atoms with Crippen molar-refractivity contribution in [1.29, 1.82) is 0 Å². The minimum atomic E-state index is 0.183. The van der Waals surface area contributed by atoms with Gasteiger partial charge in [0.1, 0.15) is 0 Å². The molecule has 0 atom stereocenters. The summed E-state index contributed by atoms with van der Waals surface area (Å²) in [5, 5.41) is 2.43. The maximum atomic E-state index is 4.97. The fourth-order valence-electron chi connectivity index (χ4n) is 4.30. The molecule has 1 aliphatic carbocycles. The van der Waals surface area contributed by atoms with Crippen LogP contribution >= 0.6 is 11.3 Å². The summed E-state index contributed by atoms with van der Waals surface area (Å²) in [6.07, 6.45) is 11.5. The van der Waals surface area contributed by atoms with Crippen LogP contribution in [0.4, 0.5) is 0 Å². The van der Waals surface area contributed by atoms with Crippen LogP contribution in [-0.2, 0) is 12.0 Å². The highest BCUT2D eigenvalue weighted by Gasteiger charge is 2.38. The highest BCUT2D eigenvalue weighted by molar-refractivity contribution is 7.07. The molecule has 1 fully saturated rings. The van der Waals surface area contributed by atoms with Gasteiger partial charge in [-0.3, -0.25) is 4.99 Å². The van der Waals surface area contributed by atoms with Gasteiger partial charge in [0.15, 0.2) is 4.80 Å². The molecule has 26 heavy (non-hydrogen) atoms. The van der Waals surface area contributed by atoms with Crippen LogP contribution in [0.5, 0.6) is 0 Å². The number of rotatable bonds is 8. The molecule has 0 amide bonds. The molecule has 1 aromatic heterocycles. The van der Waals surface area contributed by atoms with Crippen molar-refractivity contribution in [2.45, 2.75) is 83.6 Å². The van der Waals surface area contributed by atoms with Crippen molar-refractivity contribution in [3.05, 3.63) is 51.8 Å². The first-order valence-corrected chi connectivity index (χ1v) is 11.4. The predicted octanol–water partition coefficient (Wildman–Crippen LogP) is 6.30. The SMILES string of the molecule is CCCCN=c1scc(C2(c3ccccc3)CCCCC2)n1CCCC. The van der Waals surface area contributed by atoms with E-state index in [1.54, 1.807) is 0 Å². The van der Waals surface area contributed by atoms with Gasteiger partial charge in [0.05, 0.1) is 0 Å². The van der Waals surface area contributed by atoms with Crippen LogP contribution < -0.4 is 4.80 Å². The molecule has 3 heteroatoms. The maximum Gasteiger partial charge on any atom is 0.184 e. The summed E-state index contributed by atoms with van der Waals surface area (Å²) in [7, 11) is 0. The van der Waals surface area contributed by atoms with E-state index in [-0.39, 0.29) is 5.41 Å². The standard InChI is InChI=1S/C23H34N2S/c1-3-5-17-24-22-25(18-6-4-2)21(19-26-22)23(15-11-8-12-16-23)20-13-9-7-10-14-20/h7,9-10,13-14,19H,3-6,8,11-12,15-18H2,1-2H3. The number of unbranched alkanes of at least 4 members (excludes halogenated alkanes) is 2. The molecule has 0 aliphatic heterocycles. The number of hydrogen-bond donors (Lipinski definition) is 0. The molecule has 0 N–H and O–H groups in total. The van der Waals surface area contributed by atoms with E-state index in [0.717, 1.165) is 13.1 Å². The Balaban J connectivity index is 2.07. The minimum absolute atomic E-state index is 0.183. The molecule has 1 heterocycles. The molecule has 142 valence electrons. The third kappa shape index (κ3) is 4.14. The molecule has 0 radical (unpaired) electrons. The highest BCUT2D eigenvalue weighted by atomic mass is 32.1. The smallest absolute Gasteiger partial charge is 0.184 e. The van der Waals surface area contributed by atoms with Gasteiger partial charge in [-0.15, -0.1) is 11.3 Å². The van der Waals surface area contributed by atoms with Crippen molar-refractivity contribution in [3.8, 4) is 0 Å². The van der Waals surface area contributed by atoms with E-state index in [4.69, 9.17) is 4.99 Å². The molecule has 3 rings (SSSR count). The third-order valence-electron chi connectivity index (χ3n) is 5.82. The van der Waals surface area contributed by atoms with Crippen molar-refractivity contribution in [1.82, 2.24) is 4.57 Å². The molecule has 0 bridgehead atoms. The first-order valence-electron chi connectivity index (χ1n) is 10.6. The first kappa shape index (κ1) is 19.4. The Morgan fingerprint density at radius 3 is 2.42 bits per heavy atom. The Labute approximate surface area is 163 Å². The van der Waals surface area contributed by atoms with Crippen molar-refractivity contribution in [3.63, 3.8) is 0 Å². The second kappa shape index (κ2) is 9.55. The summed E-state index contributed by atoms with van der Waals surface area (Å²) < 4.78 is 2.57. The summed E-state index contributed by atoms with van der Waals surface area (Å²) in [4.78, 5) is 6.21. The number of benzene rings is 1. The number of nitrogens with zero attached hydrogens (tertiary/aromatic N) is 2. The summed E-state index contributed by atoms with van der Waals surface area (Å²) in [5.41, 5.74) is 3.21. The molecule has 1 aromatic carbocycles. The predicted molar refractivity (Wildman–Crippen MR) is 113 cm³/mol. The number of thiazole rings is 1. The molecule has 0 saturated heterocycles. The highest BCUT2D eigenvalue weighted by Crippen LogP contribution is 2.45. The van der Waals surface area contributed by atoms with Gasteiger partial charge in [0, 0.05) is 29.6 Å².